The van der Waals surface area contributed by atoms with E-state index in [0.717, 1.165) is 57.9 Å². The summed E-state index contributed by atoms with van der Waals surface area (Å²) in [7, 11) is 0. The molecule has 0 bridgehead atoms. The first kappa shape index (κ1) is 36.8. The van der Waals surface area contributed by atoms with E-state index in [0.29, 0.717) is 24.5 Å². The largest absolute Gasteiger partial charge is 0.481 e. The summed E-state index contributed by atoms with van der Waals surface area (Å²) in [5.41, 5.74) is -0.00644. The van der Waals surface area contributed by atoms with Crippen molar-refractivity contribution in [1.29, 1.82) is 0 Å². The predicted octanol–water partition coefficient (Wildman–Crippen LogP) is 9.31. The fourth-order valence-electron chi connectivity index (χ4n) is 5.88. The van der Waals surface area contributed by atoms with Gasteiger partial charge in [0.2, 0.25) is 0 Å². The fourth-order valence-corrected chi connectivity index (χ4v) is 5.88. The third-order valence-corrected chi connectivity index (χ3v) is 8.90. The van der Waals surface area contributed by atoms with Gasteiger partial charge in [-0.1, -0.05) is 116 Å². The molecule has 1 aliphatic rings. The zero-order valence-corrected chi connectivity index (χ0v) is 26.5. The van der Waals surface area contributed by atoms with Crippen LogP contribution in [0.3, 0.4) is 0 Å². The average Bonchev–Trinajstić information content (AvgIpc) is 3.67. The van der Waals surface area contributed by atoms with Crippen LogP contribution >= 0.6 is 0 Å². The molecule has 0 heterocycles. The van der Waals surface area contributed by atoms with E-state index < -0.39 is 11.6 Å². The second kappa shape index (κ2) is 23.4. The number of ketones is 1. The molecule has 0 spiro atoms. The minimum atomic E-state index is -0.681. The molecule has 0 saturated heterocycles. The second-order valence-electron chi connectivity index (χ2n) is 12.8. The highest BCUT2D eigenvalue weighted by molar-refractivity contribution is 5.95. The van der Waals surface area contributed by atoms with E-state index in [4.69, 9.17) is 5.11 Å². The third kappa shape index (κ3) is 19.0. The molecular weight excluding hydrogens is 498 g/mol. The van der Waals surface area contributed by atoms with Crippen molar-refractivity contribution in [2.24, 2.45) is 5.92 Å². The van der Waals surface area contributed by atoms with Gasteiger partial charge in [0.15, 0.2) is 5.78 Å². The molecule has 1 aliphatic carbocycles. The monoisotopic (exact) mass is 563 g/mol. The molecule has 234 valence electrons. The molecule has 40 heavy (non-hydrogen) atoms. The van der Waals surface area contributed by atoms with Crippen molar-refractivity contribution < 1.29 is 19.8 Å². The van der Waals surface area contributed by atoms with E-state index in [9.17, 15) is 14.7 Å². The molecule has 5 nitrogen and oxygen atoms in total. The molecule has 1 fully saturated rings. The predicted molar refractivity (Wildman–Crippen MR) is 169 cm³/mol. The first-order chi connectivity index (χ1) is 19.3. The van der Waals surface area contributed by atoms with Gasteiger partial charge in [0.25, 0.3) is 0 Å². The zero-order valence-electron chi connectivity index (χ0n) is 26.5. The molecule has 3 N–H and O–H groups in total. The summed E-state index contributed by atoms with van der Waals surface area (Å²) in [6.45, 7) is 9.66. The van der Waals surface area contributed by atoms with E-state index in [-0.39, 0.29) is 11.7 Å². The summed E-state index contributed by atoms with van der Waals surface area (Å²) >= 11 is 0. The van der Waals surface area contributed by atoms with Crippen LogP contribution < -0.4 is 5.32 Å². The van der Waals surface area contributed by atoms with Crippen LogP contribution in [0.25, 0.3) is 0 Å². The molecule has 0 aromatic carbocycles. The van der Waals surface area contributed by atoms with Crippen LogP contribution in [-0.4, -0.2) is 40.2 Å². The number of carbonyl (C=O) groups is 2. The summed E-state index contributed by atoms with van der Waals surface area (Å²) in [4.78, 5) is 23.4. The second-order valence-corrected chi connectivity index (χ2v) is 12.8. The van der Waals surface area contributed by atoms with Crippen LogP contribution in [0.1, 0.15) is 174 Å². The number of Topliss-reactive ketones (excluding diaryl/α,β-unsaturated/α-hetero) is 1. The lowest BCUT2D eigenvalue weighted by Crippen LogP contribution is -2.31. The molecule has 0 aliphatic heterocycles. The lowest BCUT2D eigenvalue weighted by Gasteiger charge is -2.26. The quantitative estimate of drug-likeness (QED) is 0.0599. The van der Waals surface area contributed by atoms with E-state index in [1.165, 1.54) is 96.3 Å². The van der Waals surface area contributed by atoms with Gasteiger partial charge in [-0.3, -0.25) is 9.59 Å². The Labute approximate surface area is 247 Å². The van der Waals surface area contributed by atoms with Crippen LogP contribution in [0.5, 0.6) is 0 Å². The highest BCUT2D eigenvalue weighted by Crippen LogP contribution is 2.47. The van der Waals surface area contributed by atoms with E-state index >= 15 is 0 Å². The highest BCUT2D eigenvalue weighted by atomic mass is 16.4. The summed E-state index contributed by atoms with van der Waals surface area (Å²) in [5.74, 6) is -0.572. The standard InChI is InChI=1S/C35H65NO4/c1-4-5-22-29-36-30(2)25-26-32(35(40)27-28-35)31(3)33(37)23-20-18-16-14-12-10-8-6-7-9-11-13-15-17-19-21-24-34(38)39/h30,32,36,40H,3-29H2,1-2H3,(H,38,39)/t30-,32?/m1/s1. The smallest absolute Gasteiger partial charge is 0.303 e. The topological polar surface area (TPSA) is 86.6 Å². The number of aliphatic hydroxyl groups is 1. The number of rotatable bonds is 30. The minimum absolute atomic E-state index is 0.0738. The summed E-state index contributed by atoms with van der Waals surface area (Å²) in [6, 6.07) is 0.406. The molecule has 0 radical (unpaired) electrons. The number of nitrogens with one attached hydrogen (secondary N) is 1. The number of carboxylic acids is 1. The van der Waals surface area contributed by atoms with Crippen LogP contribution in [0.15, 0.2) is 12.2 Å². The van der Waals surface area contributed by atoms with Crippen molar-refractivity contribution in [3.63, 3.8) is 0 Å². The van der Waals surface area contributed by atoms with Gasteiger partial charge in [-0.15, -0.1) is 0 Å². The first-order valence-corrected chi connectivity index (χ1v) is 17.2. The van der Waals surface area contributed by atoms with Gasteiger partial charge >= 0.3 is 5.97 Å². The van der Waals surface area contributed by atoms with Crippen LogP contribution in [-0.2, 0) is 9.59 Å². The molecule has 1 unspecified atom stereocenters. The number of carboxylic acid groups (broad SMARTS) is 1. The van der Waals surface area contributed by atoms with Gasteiger partial charge in [-0.05, 0) is 64.0 Å². The van der Waals surface area contributed by atoms with E-state index in [1.54, 1.807) is 0 Å². The Bertz CT molecular complexity index is 672. The Morgan fingerprint density at radius 3 is 1.60 bits per heavy atom. The molecular formula is C35H65NO4. The Hall–Kier alpha value is -1.20. The maximum Gasteiger partial charge on any atom is 0.303 e. The van der Waals surface area contributed by atoms with Gasteiger partial charge in [0, 0.05) is 24.8 Å². The van der Waals surface area contributed by atoms with Crippen molar-refractivity contribution >= 4 is 11.8 Å². The van der Waals surface area contributed by atoms with Gasteiger partial charge in [-0.2, -0.15) is 0 Å². The summed E-state index contributed by atoms with van der Waals surface area (Å²) in [5, 5.41) is 23.1. The Kier molecular flexibility index (Phi) is 21.5. The third-order valence-electron chi connectivity index (χ3n) is 8.90. The van der Waals surface area contributed by atoms with Crippen LogP contribution in [0.2, 0.25) is 0 Å². The van der Waals surface area contributed by atoms with Crippen molar-refractivity contribution in [3.8, 4) is 0 Å². The Morgan fingerprint density at radius 1 is 0.725 bits per heavy atom. The van der Waals surface area contributed by atoms with Crippen LogP contribution in [0, 0.1) is 5.92 Å². The SMILES string of the molecule is C=C(C(=O)CCCCCCCCCCCCCCCCCCC(=O)O)C(CC[C@@H](C)NCCCCC)C1(O)CC1. The van der Waals surface area contributed by atoms with Crippen LogP contribution in [0.4, 0.5) is 0 Å². The number of hydrogen-bond acceptors (Lipinski definition) is 4. The van der Waals surface area contributed by atoms with Gasteiger partial charge < -0.3 is 15.5 Å². The average molecular weight is 564 g/mol. The number of hydrogen-bond donors (Lipinski definition) is 3. The molecule has 0 aromatic rings. The normalized spacial score (nSPS) is 15.6. The molecule has 2 atom stereocenters. The minimum Gasteiger partial charge on any atom is -0.481 e. The molecule has 5 heteroatoms. The number of carbonyl (C=O) groups excluding carboxylic acids is 1. The van der Waals surface area contributed by atoms with Crippen molar-refractivity contribution in [3.05, 3.63) is 12.2 Å². The fraction of sp³-hybridized carbons (Fsp3) is 0.886. The van der Waals surface area contributed by atoms with Gasteiger partial charge in [0.1, 0.15) is 0 Å². The Balaban J connectivity index is 2.00. The molecule has 1 saturated carbocycles. The zero-order chi connectivity index (χ0) is 29.5. The number of unbranched alkanes of at least 4 members (excludes halogenated alkanes) is 17. The van der Waals surface area contributed by atoms with Gasteiger partial charge in [0.05, 0.1) is 5.60 Å². The summed E-state index contributed by atoms with van der Waals surface area (Å²) < 4.78 is 0. The lowest BCUT2D eigenvalue weighted by atomic mass is 9.83. The lowest BCUT2D eigenvalue weighted by molar-refractivity contribution is -0.137. The Morgan fingerprint density at radius 2 is 1.18 bits per heavy atom. The number of aliphatic carboxylic acids is 1. The first-order valence-electron chi connectivity index (χ1n) is 17.2. The molecule has 0 amide bonds. The van der Waals surface area contributed by atoms with Crippen molar-refractivity contribution in [1.82, 2.24) is 5.32 Å². The van der Waals surface area contributed by atoms with Crippen molar-refractivity contribution in [2.45, 2.75) is 186 Å². The summed E-state index contributed by atoms with van der Waals surface area (Å²) in [6.07, 6.45) is 27.5. The highest BCUT2D eigenvalue weighted by Gasteiger charge is 2.49. The van der Waals surface area contributed by atoms with Gasteiger partial charge in [-0.25, -0.2) is 0 Å². The maximum atomic E-state index is 12.9. The maximum absolute atomic E-state index is 12.9. The van der Waals surface area contributed by atoms with E-state index in [1.807, 2.05) is 0 Å². The van der Waals surface area contributed by atoms with E-state index in [2.05, 4.69) is 25.7 Å². The molecule has 1 rings (SSSR count). The van der Waals surface area contributed by atoms with Crippen molar-refractivity contribution in [2.75, 3.05) is 6.54 Å². The molecule has 0 aromatic heterocycles.